The third-order valence-corrected chi connectivity index (χ3v) is 4.22. The minimum Gasteiger partial charge on any atom is -0.373 e. The first kappa shape index (κ1) is 14.5. The van der Waals surface area contributed by atoms with Crippen molar-refractivity contribution in [3.05, 3.63) is 18.0 Å². The van der Waals surface area contributed by atoms with E-state index in [0.29, 0.717) is 19.3 Å². The summed E-state index contributed by atoms with van der Waals surface area (Å²) in [5, 5.41) is 4.59. The van der Waals surface area contributed by atoms with Crippen LogP contribution < -0.4 is 5.73 Å². The van der Waals surface area contributed by atoms with Gasteiger partial charge in [-0.2, -0.15) is 5.10 Å². The second-order valence-corrected chi connectivity index (χ2v) is 5.82. The van der Waals surface area contributed by atoms with Gasteiger partial charge in [0, 0.05) is 11.7 Å². The average molecular weight is 265 g/mol. The van der Waals surface area contributed by atoms with Crippen LogP contribution in [0, 0.1) is 0 Å². The molecule has 0 atom stereocenters. The van der Waals surface area contributed by atoms with Crippen LogP contribution >= 0.6 is 0 Å². The first-order valence-corrected chi connectivity index (χ1v) is 7.57. The lowest BCUT2D eigenvalue weighted by molar-refractivity contribution is 0.0727. The summed E-state index contributed by atoms with van der Waals surface area (Å²) in [4.78, 5) is 0. The van der Waals surface area contributed by atoms with Crippen LogP contribution in [-0.2, 0) is 11.3 Å². The highest BCUT2D eigenvalue weighted by Crippen LogP contribution is 2.27. The Labute approximate surface area is 116 Å². The van der Waals surface area contributed by atoms with Gasteiger partial charge in [-0.3, -0.25) is 4.68 Å². The van der Waals surface area contributed by atoms with Gasteiger partial charge in [-0.1, -0.05) is 26.7 Å². The first-order valence-electron chi connectivity index (χ1n) is 7.57. The molecule has 0 aliphatic heterocycles. The fraction of sp³-hybridized carbons (Fsp3) is 0.800. The van der Waals surface area contributed by atoms with E-state index in [0.717, 1.165) is 31.4 Å². The molecule has 2 rings (SSSR count). The number of nitrogens with zero attached hydrogens (tertiary/aromatic N) is 2. The van der Waals surface area contributed by atoms with Crippen molar-refractivity contribution in [2.24, 2.45) is 5.73 Å². The molecule has 0 saturated heterocycles. The van der Waals surface area contributed by atoms with Crippen LogP contribution in [0.4, 0.5) is 0 Å². The predicted molar refractivity (Wildman–Crippen MR) is 76.9 cm³/mol. The monoisotopic (exact) mass is 265 g/mol. The zero-order valence-corrected chi connectivity index (χ0v) is 12.3. The molecular formula is C15H27N3O. The van der Waals surface area contributed by atoms with Gasteiger partial charge < -0.3 is 10.5 Å². The van der Waals surface area contributed by atoms with E-state index in [2.05, 4.69) is 35.9 Å². The Morgan fingerprint density at radius 2 is 2.05 bits per heavy atom. The summed E-state index contributed by atoms with van der Waals surface area (Å²) in [7, 11) is 0. The van der Waals surface area contributed by atoms with Gasteiger partial charge >= 0.3 is 0 Å². The molecule has 1 aliphatic carbocycles. The summed E-state index contributed by atoms with van der Waals surface area (Å²) in [6, 6.07) is 2.56. The summed E-state index contributed by atoms with van der Waals surface area (Å²) in [6.45, 7) is 5.63. The average Bonchev–Trinajstić information content (AvgIpc) is 3.01. The quantitative estimate of drug-likeness (QED) is 0.824. The van der Waals surface area contributed by atoms with Crippen LogP contribution in [0.3, 0.4) is 0 Å². The van der Waals surface area contributed by atoms with Crippen molar-refractivity contribution in [1.82, 2.24) is 9.78 Å². The van der Waals surface area contributed by atoms with Crippen molar-refractivity contribution in [3.63, 3.8) is 0 Å². The molecule has 1 aliphatic rings. The van der Waals surface area contributed by atoms with E-state index in [1.165, 1.54) is 12.8 Å². The zero-order valence-electron chi connectivity index (χ0n) is 12.3. The second-order valence-electron chi connectivity index (χ2n) is 5.82. The molecule has 1 saturated carbocycles. The molecular weight excluding hydrogens is 238 g/mol. The molecule has 0 radical (unpaired) electrons. The van der Waals surface area contributed by atoms with Crippen LogP contribution in [-0.4, -0.2) is 21.9 Å². The number of nitrogens with two attached hydrogens (primary N) is 1. The van der Waals surface area contributed by atoms with E-state index in [1.54, 1.807) is 0 Å². The molecule has 0 bridgehead atoms. The first-order chi connectivity index (χ1) is 9.17. The Kier molecular flexibility index (Phi) is 4.99. The Morgan fingerprint density at radius 3 is 2.68 bits per heavy atom. The zero-order chi connectivity index (χ0) is 13.7. The summed E-state index contributed by atoms with van der Waals surface area (Å²) in [5.74, 6) is 0. The van der Waals surface area contributed by atoms with Gasteiger partial charge in [0.15, 0.2) is 0 Å². The van der Waals surface area contributed by atoms with Crippen molar-refractivity contribution in [2.45, 2.75) is 70.6 Å². The van der Waals surface area contributed by atoms with E-state index < -0.39 is 0 Å². The van der Waals surface area contributed by atoms with E-state index >= 15 is 0 Å². The normalized spacial score (nSPS) is 18.3. The van der Waals surface area contributed by atoms with Gasteiger partial charge in [0.25, 0.3) is 0 Å². The van der Waals surface area contributed by atoms with Crippen molar-refractivity contribution in [1.29, 1.82) is 0 Å². The number of rotatable bonds is 7. The highest BCUT2D eigenvalue weighted by atomic mass is 16.5. The van der Waals surface area contributed by atoms with Crippen LogP contribution in [0.2, 0.25) is 0 Å². The largest absolute Gasteiger partial charge is 0.373 e. The number of aromatic nitrogens is 2. The van der Waals surface area contributed by atoms with Crippen LogP contribution in [0.1, 0.15) is 64.1 Å². The third kappa shape index (κ3) is 3.80. The van der Waals surface area contributed by atoms with E-state index in [1.807, 2.05) is 0 Å². The number of ether oxygens (including phenoxy) is 1. The molecule has 0 amide bonds. The summed E-state index contributed by atoms with van der Waals surface area (Å²) >= 11 is 0. The molecule has 4 nitrogen and oxygen atoms in total. The van der Waals surface area contributed by atoms with Crippen LogP contribution in [0.25, 0.3) is 0 Å². The predicted octanol–water partition coefficient (Wildman–Crippen LogP) is 3.03. The molecule has 1 fully saturated rings. The summed E-state index contributed by atoms with van der Waals surface area (Å²) in [6.07, 6.45) is 8.95. The number of hydrogen-bond acceptors (Lipinski definition) is 3. The van der Waals surface area contributed by atoms with Crippen LogP contribution in [0.5, 0.6) is 0 Å². The maximum Gasteiger partial charge on any atom is 0.0907 e. The highest BCUT2D eigenvalue weighted by molar-refractivity contribution is 4.98. The molecule has 0 aromatic carbocycles. The Balaban J connectivity index is 1.80. The maximum atomic E-state index is 6.27. The van der Waals surface area contributed by atoms with Gasteiger partial charge in [-0.05, 0) is 31.7 Å². The van der Waals surface area contributed by atoms with Crippen molar-refractivity contribution in [3.8, 4) is 0 Å². The lowest BCUT2D eigenvalue weighted by Crippen LogP contribution is -2.41. The highest BCUT2D eigenvalue weighted by Gasteiger charge is 2.29. The maximum absolute atomic E-state index is 6.27. The Bertz CT molecular complexity index is 378. The van der Waals surface area contributed by atoms with E-state index in [4.69, 9.17) is 10.5 Å². The molecule has 0 unspecified atom stereocenters. The van der Waals surface area contributed by atoms with Gasteiger partial charge in [0.1, 0.15) is 0 Å². The van der Waals surface area contributed by atoms with Crippen molar-refractivity contribution in [2.75, 3.05) is 6.61 Å². The topological polar surface area (TPSA) is 53.1 Å². The Morgan fingerprint density at radius 1 is 1.37 bits per heavy atom. The minimum atomic E-state index is -0.0854. The lowest BCUT2D eigenvalue weighted by atomic mass is 10.0. The van der Waals surface area contributed by atoms with Gasteiger partial charge in [0.05, 0.1) is 24.9 Å². The number of hydrogen-bond donors (Lipinski definition) is 1. The van der Waals surface area contributed by atoms with Crippen molar-refractivity contribution >= 4 is 0 Å². The van der Waals surface area contributed by atoms with Crippen molar-refractivity contribution < 1.29 is 4.74 Å². The molecule has 19 heavy (non-hydrogen) atoms. The van der Waals surface area contributed by atoms with Gasteiger partial charge in [-0.15, -0.1) is 0 Å². The summed E-state index contributed by atoms with van der Waals surface area (Å²) in [5.41, 5.74) is 7.19. The molecule has 4 heteroatoms. The Hall–Kier alpha value is -0.870. The lowest BCUT2D eigenvalue weighted by Gasteiger charge is -2.22. The van der Waals surface area contributed by atoms with Gasteiger partial charge in [0.2, 0.25) is 0 Å². The fourth-order valence-corrected chi connectivity index (χ4v) is 2.90. The third-order valence-electron chi connectivity index (χ3n) is 4.22. The minimum absolute atomic E-state index is 0.0854. The summed E-state index contributed by atoms with van der Waals surface area (Å²) < 4.78 is 7.83. The molecule has 1 aromatic heterocycles. The smallest absolute Gasteiger partial charge is 0.0907 e. The van der Waals surface area contributed by atoms with E-state index in [9.17, 15) is 0 Å². The van der Waals surface area contributed by atoms with E-state index in [-0.39, 0.29) is 5.54 Å². The molecule has 2 N–H and O–H groups in total. The van der Waals surface area contributed by atoms with Crippen LogP contribution in [0.15, 0.2) is 12.3 Å². The fourth-order valence-electron chi connectivity index (χ4n) is 2.90. The molecule has 0 spiro atoms. The van der Waals surface area contributed by atoms with Gasteiger partial charge in [-0.25, -0.2) is 0 Å². The molecule has 1 heterocycles. The molecule has 1 aromatic rings. The standard InChI is InChI=1S/C15H27N3O/c1-3-14(4-2)18-10-7-13(17-18)11-19-12-15(16)8-5-6-9-15/h7,10,14H,3-6,8-9,11-12,16H2,1-2H3. The second kappa shape index (κ2) is 6.53. The SMILES string of the molecule is CCC(CC)n1ccc(COCC2(N)CCCC2)n1. The molecule has 108 valence electrons.